The minimum atomic E-state index is 0.314. The average Bonchev–Trinajstić information content (AvgIpc) is 3.19. The summed E-state index contributed by atoms with van der Waals surface area (Å²) in [6.45, 7) is 1.76. The highest BCUT2D eigenvalue weighted by molar-refractivity contribution is 5.83. The van der Waals surface area contributed by atoms with Gasteiger partial charge in [-0.15, -0.1) is 0 Å². The Bertz CT molecular complexity index is 1140. The van der Waals surface area contributed by atoms with Gasteiger partial charge in [0.15, 0.2) is 0 Å². The molecule has 4 N–H and O–H groups in total. The van der Waals surface area contributed by atoms with Gasteiger partial charge in [0.1, 0.15) is 0 Å². The molecular formula is C24H24N6. The van der Waals surface area contributed by atoms with Crippen LogP contribution in [0.4, 0.5) is 17.1 Å². The van der Waals surface area contributed by atoms with Crippen LogP contribution in [0.5, 0.6) is 0 Å². The van der Waals surface area contributed by atoms with E-state index in [0.29, 0.717) is 13.1 Å². The lowest BCUT2D eigenvalue weighted by Gasteiger charge is -2.10. The number of hydrogen-bond acceptors (Lipinski definition) is 5. The second-order valence-corrected chi connectivity index (χ2v) is 7.04. The number of aromatic nitrogens is 2. The molecule has 4 aromatic rings. The van der Waals surface area contributed by atoms with Gasteiger partial charge in [-0.1, -0.05) is 18.2 Å². The lowest BCUT2D eigenvalue weighted by molar-refractivity contribution is 0.746. The minimum Gasteiger partial charge on any atom is -0.385 e. The van der Waals surface area contributed by atoms with Crippen molar-refractivity contribution in [2.75, 3.05) is 23.7 Å². The summed E-state index contributed by atoms with van der Waals surface area (Å²) in [5, 5.41) is 19.8. The zero-order valence-electron chi connectivity index (χ0n) is 16.7. The van der Waals surface area contributed by atoms with Gasteiger partial charge in [0.05, 0.1) is 18.3 Å². The molecule has 0 amide bonds. The van der Waals surface area contributed by atoms with Gasteiger partial charge in [-0.25, -0.2) is 0 Å². The molecule has 0 bridgehead atoms. The van der Waals surface area contributed by atoms with E-state index < -0.39 is 0 Å². The van der Waals surface area contributed by atoms with Crippen LogP contribution in [0.15, 0.2) is 73.1 Å². The van der Waals surface area contributed by atoms with Crippen molar-refractivity contribution >= 4 is 28.0 Å². The molecule has 150 valence electrons. The fraction of sp³-hybridized carbons (Fsp3) is 0.167. The first kappa shape index (κ1) is 19.5. The minimum absolute atomic E-state index is 0.314. The number of H-pyrrole nitrogens is 1. The predicted molar refractivity (Wildman–Crippen MR) is 122 cm³/mol. The summed E-state index contributed by atoms with van der Waals surface area (Å²) in [7, 11) is 0. The van der Waals surface area contributed by atoms with Crippen LogP contribution in [0.1, 0.15) is 11.3 Å². The van der Waals surface area contributed by atoms with E-state index in [9.17, 15) is 0 Å². The van der Waals surface area contributed by atoms with Crippen LogP contribution in [-0.4, -0.2) is 23.1 Å². The van der Waals surface area contributed by atoms with Crippen molar-refractivity contribution < 1.29 is 0 Å². The van der Waals surface area contributed by atoms with Crippen LogP contribution in [-0.2, 0) is 13.0 Å². The van der Waals surface area contributed by atoms with Crippen molar-refractivity contribution in [3.8, 4) is 6.07 Å². The number of hydrogen-bond donors (Lipinski definition) is 4. The van der Waals surface area contributed by atoms with E-state index in [2.05, 4.69) is 86.7 Å². The Labute approximate surface area is 176 Å². The van der Waals surface area contributed by atoms with Gasteiger partial charge < -0.3 is 15.6 Å². The third-order valence-electron chi connectivity index (χ3n) is 4.90. The Kier molecular flexibility index (Phi) is 6.23. The molecule has 0 saturated carbocycles. The molecule has 0 aliphatic heterocycles. The second kappa shape index (κ2) is 9.59. The van der Waals surface area contributed by atoms with Gasteiger partial charge in [-0.2, -0.15) is 5.26 Å². The molecule has 2 aromatic carbocycles. The number of nitriles is 1. The van der Waals surface area contributed by atoms with Crippen LogP contribution in [0.2, 0.25) is 0 Å². The summed E-state index contributed by atoms with van der Waals surface area (Å²) in [4.78, 5) is 7.64. The van der Waals surface area contributed by atoms with Crippen molar-refractivity contribution in [2.45, 2.75) is 13.0 Å². The lowest BCUT2D eigenvalue weighted by Crippen LogP contribution is -2.14. The Morgan fingerprint density at radius 2 is 1.80 bits per heavy atom. The van der Waals surface area contributed by atoms with Crippen LogP contribution >= 0.6 is 0 Å². The molecule has 0 atom stereocenters. The molecular weight excluding hydrogens is 372 g/mol. The number of para-hydroxylation sites is 1. The summed E-state index contributed by atoms with van der Waals surface area (Å²) in [5.74, 6) is 0. The molecule has 30 heavy (non-hydrogen) atoms. The maximum Gasteiger partial charge on any atom is 0.0844 e. The predicted octanol–water partition coefficient (Wildman–Crippen LogP) is 4.57. The molecule has 0 unspecified atom stereocenters. The van der Waals surface area contributed by atoms with E-state index >= 15 is 0 Å². The standard InChI is InChI=1S/C24H24N6/c25-11-14-26-17-22-15-21(10-13-28-22)30-20-7-5-19(6-8-20)27-12-9-18-16-29-24-4-2-1-3-23(18)24/h1-8,10,13,15-16,26-27,29H,9,12,14,17H2,(H,28,30). The third-order valence-corrected chi connectivity index (χ3v) is 4.90. The van der Waals surface area contributed by atoms with E-state index in [4.69, 9.17) is 5.26 Å². The van der Waals surface area contributed by atoms with E-state index in [1.807, 2.05) is 12.1 Å². The largest absolute Gasteiger partial charge is 0.385 e. The fourth-order valence-corrected chi connectivity index (χ4v) is 3.42. The topological polar surface area (TPSA) is 88.6 Å². The summed E-state index contributed by atoms with van der Waals surface area (Å²) in [6.07, 6.45) is 4.83. The molecule has 0 radical (unpaired) electrons. The molecule has 0 aliphatic carbocycles. The maximum absolute atomic E-state index is 8.61. The molecule has 2 heterocycles. The van der Waals surface area contributed by atoms with Gasteiger partial charge in [0.2, 0.25) is 0 Å². The van der Waals surface area contributed by atoms with E-state index in [1.165, 1.54) is 16.5 Å². The molecule has 2 aromatic heterocycles. The van der Waals surface area contributed by atoms with Crippen molar-refractivity contribution in [3.63, 3.8) is 0 Å². The number of nitrogens with one attached hydrogen (secondary N) is 4. The molecule has 0 spiro atoms. The van der Waals surface area contributed by atoms with Crippen molar-refractivity contribution in [2.24, 2.45) is 0 Å². The Morgan fingerprint density at radius 1 is 0.967 bits per heavy atom. The number of anilines is 3. The van der Waals surface area contributed by atoms with E-state index in [-0.39, 0.29) is 0 Å². The monoisotopic (exact) mass is 396 g/mol. The third kappa shape index (κ3) is 4.96. The summed E-state index contributed by atoms with van der Waals surface area (Å²) >= 11 is 0. The van der Waals surface area contributed by atoms with Crippen LogP contribution in [0.25, 0.3) is 10.9 Å². The molecule has 0 aliphatic rings. The fourth-order valence-electron chi connectivity index (χ4n) is 3.42. The quantitative estimate of drug-likeness (QED) is 0.246. The molecule has 0 saturated heterocycles. The highest BCUT2D eigenvalue weighted by Gasteiger charge is 2.03. The van der Waals surface area contributed by atoms with Crippen molar-refractivity contribution in [1.82, 2.24) is 15.3 Å². The summed E-state index contributed by atoms with van der Waals surface area (Å²) < 4.78 is 0. The van der Waals surface area contributed by atoms with E-state index in [1.54, 1.807) is 6.20 Å². The summed E-state index contributed by atoms with van der Waals surface area (Å²) in [5.41, 5.74) is 6.48. The Morgan fingerprint density at radius 3 is 2.67 bits per heavy atom. The molecule has 4 rings (SSSR count). The molecule has 6 nitrogen and oxygen atoms in total. The van der Waals surface area contributed by atoms with Crippen molar-refractivity contribution in [1.29, 1.82) is 5.26 Å². The van der Waals surface area contributed by atoms with Crippen molar-refractivity contribution in [3.05, 3.63) is 84.3 Å². The highest BCUT2D eigenvalue weighted by Crippen LogP contribution is 2.20. The number of rotatable bonds is 9. The number of pyridine rings is 1. The van der Waals surface area contributed by atoms with E-state index in [0.717, 1.165) is 35.7 Å². The first-order valence-electron chi connectivity index (χ1n) is 10.0. The maximum atomic E-state index is 8.61. The van der Waals surface area contributed by atoms with Gasteiger partial charge in [0, 0.05) is 53.4 Å². The summed E-state index contributed by atoms with van der Waals surface area (Å²) in [6, 6.07) is 22.6. The smallest absolute Gasteiger partial charge is 0.0844 e. The van der Waals surface area contributed by atoms with Crippen LogP contribution in [0.3, 0.4) is 0 Å². The Balaban J connectivity index is 1.30. The van der Waals surface area contributed by atoms with Gasteiger partial charge >= 0.3 is 0 Å². The van der Waals surface area contributed by atoms with Gasteiger partial charge in [-0.05, 0) is 54.4 Å². The average molecular weight is 396 g/mol. The molecule has 0 fully saturated rings. The second-order valence-electron chi connectivity index (χ2n) is 7.04. The van der Waals surface area contributed by atoms with Crippen LogP contribution in [0, 0.1) is 11.3 Å². The Hall–Kier alpha value is -3.82. The number of aromatic amines is 1. The highest BCUT2D eigenvalue weighted by atomic mass is 14.9. The van der Waals surface area contributed by atoms with Crippen LogP contribution < -0.4 is 16.0 Å². The number of fused-ring (bicyclic) bond motifs is 1. The first-order valence-corrected chi connectivity index (χ1v) is 10.0. The van der Waals surface area contributed by atoms with Gasteiger partial charge in [0.25, 0.3) is 0 Å². The lowest BCUT2D eigenvalue weighted by atomic mass is 10.1. The number of nitrogens with zero attached hydrogens (tertiary/aromatic N) is 2. The SMILES string of the molecule is N#CCNCc1cc(Nc2ccc(NCCc3c[nH]c4ccccc34)cc2)ccn1. The first-order chi connectivity index (χ1) is 14.8. The number of benzene rings is 2. The van der Waals surface area contributed by atoms with Gasteiger partial charge in [-0.3, -0.25) is 10.3 Å². The zero-order chi connectivity index (χ0) is 20.6. The zero-order valence-corrected chi connectivity index (χ0v) is 16.7. The normalized spacial score (nSPS) is 10.6. The molecule has 6 heteroatoms.